The fraction of sp³-hybridized carbons (Fsp3) is 0.0870. The van der Waals surface area contributed by atoms with E-state index in [1.807, 2.05) is 0 Å². The third-order valence-electron chi connectivity index (χ3n) is 4.47. The highest BCUT2D eigenvalue weighted by molar-refractivity contribution is 7.92. The van der Waals surface area contributed by atoms with E-state index in [-0.39, 0.29) is 27.2 Å². The molecule has 9 nitrogen and oxygen atoms in total. The number of ether oxygens (including phenoxy) is 1. The largest absolute Gasteiger partial charge is 0.484 e. The summed E-state index contributed by atoms with van der Waals surface area (Å²) in [5.74, 6) is -0.843. The van der Waals surface area contributed by atoms with Gasteiger partial charge in [0.05, 0.1) is 26.8 Å². The third-order valence-corrected chi connectivity index (χ3v) is 7.00. The van der Waals surface area contributed by atoms with Crippen LogP contribution in [0.5, 0.6) is 5.75 Å². The highest BCUT2D eigenvalue weighted by Gasteiger charge is 2.27. The molecule has 0 aromatic heterocycles. The van der Waals surface area contributed by atoms with Crippen molar-refractivity contribution in [3.8, 4) is 5.75 Å². The van der Waals surface area contributed by atoms with Crippen molar-refractivity contribution >= 4 is 56.9 Å². The van der Waals surface area contributed by atoms with Gasteiger partial charge in [0.1, 0.15) is 12.3 Å². The van der Waals surface area contributed by atoms with Crippen LogP contribution >= 0.6 is 23.2 Å². The Kier molecular flexibility index (Phi) is 8.69. The molecule has 3 aromatic rings. The molecule has 0 aliphatic carbocycles. The van der Waals surface area contributed by atoms with Gasteiger partial charge in [-0.3, -0.25) is 13.9 Å². The number of nitrogens with two attached hydrogens (primary N) is 1. The molecule has 3 aromatic carbocycles. The lowest BCUT2D eigenvalue weighted by atomic mass is 10.2. The number of hydrogen-bond donors (Lipinski definition) is 2. The lowest BCUT2D eigenvalue weighted by molar-refractivity contribution is -0.120. The molecule has 0 fully saturated rings. The molecule has 0 aliphatic heterocycles. The van der Waals surface area contributed by atoms with Crippen LogP contribution in [-0.2, 0) is 19.6 Å². The second-order valence-electron chi connectivity index (χ2n) is 7.04. The van der Waals surface area contributed by atoms with Gasteiger partial charge in [-0.1, -0.05) is 41.4 Å². The molecule has 0 bridgehead atoms. The number of nitrogens with zero attached hydrogens (tertiary/aromatic N) is 2. The summed E-state index contributed by atoms with van der Waals surface area (Å²) in [6, 6.07) is 18.4. The molecule has 0 radical (unpaired) electrons. The van der Waals surface area contributed by atoms with E-state index in [1.54, 1.807) is 42.5 Å². The molecule has 0 heterocycles. The molecular formula is C23H20Cl2N4O5S. The van der Waals surface area contributed by atoms with Gasteiger partial charge in [-0.15, -0.1) is 0 Å². The Morgan fingerprint density at radius 3 is 2.31 bits per heavy atom. The molecule has 0 atom stereocenters. The first-order valence-corrected chi connectivity index (χ1v) is 12.2. The van der Waals surface area contributed by atoms with Gasteiger partial charge in [0.15, 0.2) is 6.61 Å². The van der Waals surface area contributed by atoms with Gasteiger partial charge < -0.3 is 10.5 Å². The zero-order valence-electron chi connectivity index (χ0n) is 18.1. The van der Waals surface area contributed by atoms with Gasteiger partial charge in [0.25, 0.3) is 21.8 Å². The number of halogens is 2. The third kappa shape index (κ3) is 7.19. The van der Waals surface area contributed by atoms with Crippen molar-refractivity contribution in [2.24, 2.45) is 10.8 Å². The van der Waals surface area contributed by atoms with E-state index in [9.17, 15) is 18.0 Å². The number of carbonyl (C=O) groups is 2. The summed E-state index contributed by atoms with van der Waals surface area (Å²) in [5, 5.41) is 4.25. The predicted molar refractivity (Wildman–Crippen MR) is 134 cm³/mol. The minimum Gasteiger partial charge on any atom is -0.484 e. The quantitative estimate of drug-likeness (QED) is 0.304. The fourth-order valence-corrected chi connectivity index (χ4v) is 4.55. The Morgan fingerprint density at radius 1 is 1.00 bits per heavy atom. The van der Waals surface area contributed by atoms with E-state index in [0.717, 1.165) is 4.31 Å². The van der Waals surface area contributed by atoms with E-state index in [1.165, 1.54) is 36.5 Å². The van der Waals surface area contributed by atoms with Crippen LogP contribution in [-0.4, -0.2) is 39.6 Å². The molecule has 0 saturated carbocycles. The fourth-order valence-electron chi connectivity index (χ4n) is 2.82. The summed E-state index contributed by atoms with van der Waals surface area (Å²) in [4.78, 5) is 23.4. The van der Waals surface area contributed by atoms with Gasteiger partial charge in [0, 0.05) is 0 Å². The van der Waals surface area contributed by atoms with Crippen LogP contribution < -0.4 is 20.2 Å². The summed E-state index contributed by atoms with van der Waals surface area (Å²) < 4.78 is 32.6. The zero-order valence-corrected chi connectivity index (χ0v) is 20.4. The summed E-state index contributed by atoms with van der Waals surface area (Å²) in [6.45, 7) is -0.808. The van der Waals surface area contributed by atoms with Crippen molar-refractivity contribution in [3.05, 3.63) is 88.4 Å². The van der Waals surface area contributed by atoms with E-state index in [2.05, 4.69) is 10.5 Å². The molecule has 3 rings (SSSR count). The Morgan fingerprint density at radius 2 is 1.69 bits per heavy atom. The van der Waals surface area contributed by atoms with Gasteiger partial charge in [-0.25, -0.2) is 13.8 Å². The smallest absolute Gasteiger partial charge is 0.264 e. The van der Waals surface area contributed by atoms with Gasteiger partial charge in [0.2, 0.25) is 0 Å². The first-order valence-electron chi connectivity index (χ1n) is 10.0. The zero-order chi connectivity index (χ0) is 25.4. The number of benzene rings is 3. The average molecular weight is 535 g/mol. The lowest BCUT2D eigenvalue weighted by Crippen LogP contribution is -2.39. The Bertz CT molecular complexity index is 1330. The van der Waals surface area contributed by atoms with Crippen LogP contribution in [0, 0.1) is 0 Å². The SMILES string of the molecule is NC(=O)COc1ccc(/C=N\NC(=O)CN(c2ccc(Cl)c(Cl)c2)S(=O)(=O)c2ccccc2)cc1. The minimum absolute atomic E-state index is 0.000943. The van der Waals surface area contributed by atoms with Crippen molar-refractivity contribution in [1.29, 1.82) is 0 Å². The van der Waals surface area contributed by atoms with Crippen LogP contribution in [0.25, 0.3) is 0 Å². The number of anilines is 1. The Hall–Kier alpha value is -3.60. The molecule has 182 valence electrons. The first kappa shape index (κ1) is 26.0. The summed E-state index contributed by atoms with van der Waals surface area (Å²) in [5.41, 5.74) is 8.12. The van der Waals surface area contributed by atoms with Crippen molar-refractivity contribution in [3.63, 3.8) is 0 Å². The number of nitrogens with one attached hydrogen (secondary N) is 1. The van der Waals surface area contributed by atoms with Crippen LogP contribution in [0.15, 0.2) is 82.8 Å². The number of rotatable bonds is 10. The summed E-state index contributed by atoms with van der Waals surface area (Å²) in [7, 11) is -4.10. The Balaban J connectivity index is 1.74. The van der Waals surface area contributed by atoms with Crippen LogP contribution in [0.4, 0.5) is 5.69 Å². The van der Waals surface area contributed by atoms with Crippen LogP contribution in [0.1, 0.15) is 5.56 Å². The number of hydrogen-bond acceptors (Lipinski definition) is 6. The van der Waals surface area contributed by atoms with Crippen LogP contribution in [0.2, 0.25) is 10.0 Å². The summed E-state index contributed by atoms with van der Waals surface area (Å²) in [6.07, 6.45) is 1.37. The highest BCUT2D eigenvalue weighted by Crippen LogP contribution is 2.30. The monoisotopic (exact) mass is 534 g/mol. The number of sulfonamides is 1. The average Bonchev–Trinajstić information content (AvgIpc) is 2.84. The number of primary amides is 1. The number of amides is 2. The molecule has 12 heteroatoms. The van der Waals surface area contributed by atoms with Crippen molar-refractivity contribution < 1.29 is 22.7 Å². The van der Waals surface area contributed by atoms with Crippen molar-refractivity contribution in [2.75, 3.05) is 17.5 Å². The molecule has 2 amide bonds. The molecular weight excluding hydrogens is 515 g/mol. The van der Waals surface area contributed by atoms with E-state index in [4.69, 9.17) is 33.7 Å². The maximum absolute atomic E-state index is 13.3. The Labute approximate surface area is 212 Å². The highest BCUT2D eigenvalue weighted by atomic mass is 35.5. The van der Waals surface area contributed by atoms with Gasteiger partial charge in [-0.05, 0) is 60.2 Å². The number of carbonyl (C=O) groups excluding carboxylic acids is 2. The summed E-state index contributed by atoms with van der Waals surface area (Å²) >= 11 is 12.0. The van der Waals surface area contributed by atoms with Crippen molar-refractivity contribution in [2.45, 2.75) is 4.90 Å². The molecule has 0 saturated heterocycles. The lowest BCUT2D eigenvalue weighted by Gasteiger charge is -2.24. The van der Waals surface area contributed by atoms with Gasteiger partial charge in [-0.2, -0.15) is 5.10 Å². The first-order chi connectivity index (χ1) is 16.7. The van der Waals surface area contributed by atoms with Crippen molar-refractivity contribution in [1.82, 2.24) is 5.43 Å². The molecule has 0 unspecified atom stereocenters. The number of hydrazone groups is 1. The normalized spacial score (nSPS) is 11.3. The van der Waals surface area contributed by atoms with E-state index < -0.39 is 28.4 Å². The second kappa shape index (κ2) is 11.7. The maximum Gasteiger partial charge on any atom is 0.264 e. The molecule has 35 heavy (non-hydrogen) atoms. The van der Waals surface area contributed by atoms with Gasteiger partial charge >= 0.3 is 0 Å². The molecule has 0 aliphatic rings. The second-order valence-corrected chi connectivity index (χ2v) is 9.72. The van der Waals surface area contributed by atoms with Crippen LogP contribution in [0.3, 0.4) is 0 Å². The molecule has 3 N–H and O–H groups in total. The minimum atomic E-state index is -4.10. The maximum atomic E-state index is 13.3. The topological polar surface area (TPSA) is 131 Å². The predicted octanol–water partition coefficient (Wildman–Crippen LogP) is 3.20. The van der Waals surface area contributed by atoms with E-state index >= 15 is 0 Å². The van der Waals surface area contributed by atoms with E-state index in [0.29, 0.717) is 11.3 Å². The standard InChI is InChI=1S/C23H20Cl2N4O5S/c24-20-11-8-17(12-21(20)25)29(35(32,33)19-4-2-1-3-5-19)14-23(31)28-27-13-16-6-9-18(10-7-16)34-15-22(26)30/h1-13H,14-15H2,(H2,26,30)(H,28,31)/b27-13-. The molecule has 0 spiro atoms.